The van der Waals surface area contributed by atoms with Crippen molar-refractivity contribution >= 4 is 11.8 Å². The highest BCUT2D eigenvalue weighted by molar-refractivity contribution is 7.98. The molecule has 0 aromatic heterocycles. The first-order valence-electron chi connectivity index (χ1n) is 7.99. The second-order valence-corrected chi connectivity index (χ2v) is 7.14. The molecule has 19 heavy (non-hydrogen) atoms. The summed E-state index contributed by atoms with van der Waals surface area (Å²) in [4.78, 5) is 5.32. The molecular formula is C15H31N3S. The summed E-state index contributed by atoms with van der Waals surface area (Å²) in [5, 5.41) is 0. The molecule has 112 valence electrons. The average Bonchev–Trinajstić information content (AvgIpc) is 2.94. The molecule has 2 fully saturated rings. The molecule has 0 aromatic carbocycles. The van der Waals surface area contributed by atoms with Gasteiger partial charge in [-0.05, 0) is 76.2 Å². The van der Waals surface area contributed by atoms with E-state index in [1.54, 1.807) is 0 Å². The molecule has 2 heterocycles. The Morgan fingerprint density at radius 1 is 1.16 bits per heavy atom. The van der Waals surface area contributed by atoms with Crippen LogP contribution < -0.4 is 5.73 Å². The highest BCUT2D eigenvalue weighted by Crippen LogP contribution is 2.22. The normalized spacial score (nSPS) is 24.9. The predicted octanol–water partition coefficient (Wildman–Crippen LogP) is 1.87. The van der Waals surface area contributed by atoms with Gasteiger partial charge in [-0.1, -0.05) is 0 Å². The molecule has 2 saturated heterocycles. The molecule has 0 amide bonds. The van der Waals surface area contributed by atoms with Crippen LogP contribution in [0.1, 0.15) is 32.1 Å². The van der Waals surface area contributed by atoms with E-state index < -0.39 is 0 Å². The van der Waals surface area contributed by atoms with E-state index in [1.807, 2.05) is 11.8 Å². The van der Waals surface area contributed by atoms with Crippen LogP contribution >= 0.6 is 11.8 Å². The average molecular weight is 286 g/mol. The highest BCUT2D eigenvalue weighted by Gasteiger charge is 2.25. The van der Waals surface area contributed by atoms with E-state index in [2.05, 4.69) is 16.1 Å². The molecule has 2 rings (SSSR count). The molecule has 0 saturated carbocycles. The standard InChI is InChI=1S/C15H31N3S/c1-19-11-6-15(12-16)18-9-4-14(5-10-18)13-17-7-2-3-8-17/h14-15H,2-13,16H2,1H3. The number of hydrogen-bond donors (Lipinski definition) is 1. The van der Waals surface area contributed by atoms with Crippen LogP contribution in [0.15, 0.2) is 0 Å². The highest BCUT2D eigenvalue weighted by atomic mass is 32.2. The van der Waals surface area contributed by atoms with Crippen molar-refractivity contribution in [2.75, 3.05) is 51.3 Å². The van der Waals surface area contributed by atoms with Crippen LogP contribution in [0.2, 0.25) is 0 Å². The molecule has 1 unspecified atom stereocenters. The minimum Gasteiger partial charge on any atom is -0.329 e. The quantitative estimate of drug-likeness (QED) is 0.774. The van der Waals surface area contributed by atoms with E-state index in [-0.39, 0.29) is 0 Å². The number of nitrogens with two attached hydrogens (primary N) is 1. The zero-order valence-electron chi connectivity index (χ0n) is 12.5. The number of piperidine rings is 1. The SMILES string of the molecule is CSCCC(CN)N1CCC(CN2CCCC2)CC1. The van der Waals surface area contributed by atoms with Crippen molar-refractivity contribution in [3.8, 4) is 0 Å². The van der Waals surface area contributed by atoms with Crippen LogP contribution in [0.5, 0.6) is 0 Å². The lowest BCUT2D eigenvalue weighted by Gasteiger charge is -2.38. The van der Waals surface area contributed by atoms with Crippen LogP contribution in [0.3, 0.4) is 0 Å². The topological polar surface area (TPSA) is 32.5 Å². The summed E-state index contributed by atoms with van der Waals surface area (Å²) in [7, 11) is 0. The van der Waals surface area contributed by atoms with Gasteiger partial charge in [0.1, 0.15) is 0 Å². The molecule has 2 N–H and O–H groups in total. The Kier molecular flexibility index (Phi) is 6.99. The molecule has 2 aliphatic heterocycles. The molecule has 0 aliphatic carbocycles. The molecule has 0 aromatic rings. The number of rotatable bonds is 7. The first-order chi connectivity index (χ1) is 9.33. The molecule has 2 aliphatic rings. The molecule has 1 atom stereocenters. The summed E-state index contributed by atoms with van der Waals surface area (Å²) in [6.07, 6.45) is 9.05. The van der Waals surface area contributed by atoms with Crippen molar-refractivity contribution < 1.29 is 0 Å². The van der Waals surface area contributed by atoms with E-state index in [0.717, 1.165) is 12.5 Å². The van der Waals surface area contributed by atoms with Crippen molar-refractivity contribution in [1.82, 2.24) is 9.80 Å². The third-order valence-corrected chi connectivity index (χ3v) is 5.45. The predicted molar refractivity (Wildman–Crippen MR) is 85.8 cm³/mol. The van der Waals surface area contributed by atoms with Crippen molar-refractivity contribution in [2.24, 2.45) is 11.7 Å². The minimum atomic E-state index is 0.625. The van der Waals surface area contributed by atoms with E-state index in [1.165, 1.54) is 70.6 Å². The summed E-state index contributed by atoms with van der Waals surface area (Å²) < 4.78 is 0. The van der Waals surface area contributed by atoms with Crippen LogP contribution in [-0.4, -0.2) is 67.1 Å². The van der Waals surface area contributed by atoms with Gasteiger partial charge in [-0.25, -0.2) is 0 Å². The molecule has 0 bridgehead atoms. The van der Waals surface area contributed by atoms with Gasteiger partial charge in [-0.3, -0.25) is 4.90 Å². The Morgan fingerprint density at radius 3 is 2.42 bits per heavy atom. The Labute approximate surface area is 123 Å². The number of likely N-dealkylation sites (tertiary alicyclic amines) is 2. The zero-order valence-corrected chi connectivity index (χ0v) is 13.3. The van der Waals surface area contributed by atoms with Gasteiger partial charge in [0, 0.05) is 19.1 Å². The van der Waals surface area contributed by atoms with Crippen molar-refractivity contribution in [1.29, 1.82) is 0 Å². The molecular weight excluding hydrogens is 254 g/mol. The molecule has 4 heteroatoms. The van der Waals surface area contributed by atoms with Gasteiger partial charge in [0.05, 0.1) is 0 Å². The minimum absolute atomic E-state index is 0.625. The monoisotopic (exact) mass is 285 g/mol. The van der Waals surface area contributed by atoms with Crippen molar-refractivity contribution in [3.63, 3.8) is 0 Å². The summed E-state index contributed by atoms with van der Waals surface area (Å²) >= 11 is 1.94. The number of thioether (sulfide) groups is 1. The fourth-order valence-corrected chi connectivity index (χ4v) is 4.04. The van der Waals surface area contributed by atoms with Crippen LogP contribution in [0, 0.1) is 5.92 Å². The lowest BCUT2D eigenvalue weighted by atomic mass is 9.95. The lowest BCUT2D eigenvalue weighted by molar-refractivity contribution is 0.116. The van der Waals surface area contributed by atoms with E-state index in [4.69, 9.17) is 5.73 Å². The van der Waals surface area contributed by atoms with Crippen LogP contribution in [0.25, 0.3) is 0 Å². The summed E-state index contributed by atoms with van der Waals surface area (Å²) in [6.45, 7) is 7.42. The van der Waals surface area contributed by atoms with Gasteiger partial charge in [0.15, 0.2) is 0 Å². The van der Waals surface area contributed by atoms with Crippen LogP contribution in [0.4, 0.5) is 0 Å². The summed E-state index contributed by atoms with van der Waals surface area (Å²) in [5.41, 5.74) is 5.95. The zero-order chi connectivity index (χ0) is 13.5. The third-order valence-electron chi connectivity index (χ3n) is 4.81. The molecule has 3 nitrogen and oxygen atoms in total. The maximum absolute atomic E-state index is 5.95. The Bertz CT molecular complexity index is 236. The van der Waals surface area contributed by atoms with Gasteiger partial charge >= 0.3 is 0 Å². The largest absolute Gasteiger partial charge is 0.329 e. The Balaban J connectivity index is 1.68. The van der Waals surface area contributed by atoms with Gasteiger partial charge in [-0.15, -0.1) is 0 Å². The summed E-state index contributed by atoms with van der Waals surface area (Å²) in [6, 6.07) is 0.625. The smallest absolute Gasteiger partial charge is 0.0226 e. The van der Waals surface area contributed by atoms with Gasteiger partial charge in [0.2, 0.25) is 0 Å². The van der Waals surface area contributed by atoms with Crippen molar-refractivity contribution in [2.45, 2.75) is 38.1 Å². The van der Waals surface area contributed by atoms with Gasteiger partial charge in [0.25, 0.3) is 0 Å². The van der Waals surface area contributed by atoms with Gasteiger partial charge in [-0.2, -0.15) is 11.8 Å². The second kappa shape index (κ2) is 8.50. The fourth-order valence-electron chi connectivity index (χ4n) is 3.53. The summed E-state index contributed by atoms with van der Waals surface area (Å²) in [5.74, 6) is 2.18. The fraction of sp³-hybridized carbons (Fsp3) is 1.00. The lowest BCUT2D eigenvalue weighted by Crippen LogP contribution is -2.46. The maximum Gasteiger partial charge on any atom is 0.0226 e. The number of hydrogen-bond acceptors (Lipinski definition) is 4. The third kappa shape index (κ3) is 4.92. The first kappa shape index (κ1) is 15.6. The number of nitrogens with zero attached hydrogens (tertiary/aromatic N) is 2. The van der Waals surface area contributed by atoms with E-state index >= 15 is 0 Å². The van der Waals surface area contributed by atoms with Crippen molar-refractivity contribution in [3.05, 3.63) is 0 Å². The van der Waals surface area contributed by atoms with E-state index in [0.29, 0.717) is 6.04 Å². The molecule has 0 spiro atoms. The van der Waals surface area contributed by atoms with E-state index in [9.17, 15) is 0 Å². The Hall–Kier alpha value is 0.230. The first-order valence-corrected chi connectivity index (χ1v) is 9.38. The Morgan fingerprint density at radius 2 is 1.84 bits per heavy atom. The van der Waals surface area contributed by atoms with Crippen LogP contribution in [-0.2, 0) is 0 Å². The van der Waals surface area contributed by atoms with Gasteiger partial charge < -0.3 is 10.6 Å². The second-order valence-electron chi connectivity index (χ2n) is 6.16. The maximum atomic E-state index is 5.95. The molecule has 0 radical (unpaired) electrons.